The molecule has 4 rings (SSSR count). The van der Waals surface area contributed by atoms with E-state index in [1.165, 1.54) is 0 Å². The number of nitrogens with zero attached hydrogens (tertiary/aromatic N) is 1. The van der Waals surface area contributed by atoms with Crippen LogP contribution < -0.4 is 15.4 Å². The van der Waals surface area contributed by atoms with E-state index in [1.54, 1.807) is 34.4 Å². The molecule has 2 aliphatic rings. The molecular formula is C21H23N3O4S. The van der Waals surface area contributed by atoms with Gasteiger partial charge in [-0.15, -0.1) is 11.3 Å². The number of benzene rings is 1. The van der Waals surface area contributed by atoms with Crippen molar-refractivity contribution < 1.29 is 19.1 Å². The van der Waals surface area contributed by atoms with Crippen LogP contribution in [0, 0.1) is 0 Å². The van der Waals surface area contributed by atoms with Gasteiger partial charge in [0.25, 0.3) is 11.8 Å². The predicted molar refractivity (Wildman–Crippen MR) is 110 cm³/mol. The highest BCUT2D eigenvalue weighted by Gasteiger charge is 2.24. The summed E-state index contributed by atoms with van der Waals surface area (Å²) in [5.74, 6) is -0.127. The largest absolute Gasteiger partial charge is 0.482 e. The predicted octanol–water partition coefficient (Wildman–Crippen LogP) is 2.78. The van der Waals surface area contributed by atoms with Crippen molar-refractivity contribution in [3.8, 4) is 5.75 Å². The zero-order valence-electron chi connectivity index (χ0n) is 16.0. The van der Waals surface area contributed by atoms with Crippen LogP contribution in [0.25, 0.3) is 0 Å². The van der Waals surface area contributed by atoms with Crippen molar-refractivity contribution in [2.24, 2.45) is 0 Å². The Balaban J connectivity index is 1.51. The first-order valence-corrected chi connectivity index (χ1v) is 10.6. The van der Waals surface area contributed by atoms with E-state index in [-0.39, 0.29) is 36.9 Å². The molecule has 1 aliphatic heterocycles. The summed E-state index contributed by atoms with van der Waals surface area (Å²) in [6, 6.07) is 9.01. The molecular weight excluding hydrogens is 390 g/mol. The van der Waals surface area contributed by atoms with Gasteiger partial charge < -0.3 is 20.3 Å². The second kappa shape index (κ2) is 8.65. The summed E-state index contributed by atoms with van der Waals surface area (Å²) >= 11 is 1.54. The minimum absolute atomic E-state index is 0.00677. The van der Waals surface area contributed by atoms with E-state index >= 15 is 0 Å². The van der Waals surface area contributed by atoms with E-state index in [4.69, 9.17) is 4.74 Å². The molecule has 2 N–H and O–H groups in total. The highest BCUT2D eigenvalue weighted by molar-refractivity contribution is 7.09. The average molecular weight is 413 g/mol. The van der Waals surface area contributed by atoms with Gasteiger partial charge in [0.05, 0.1) is 12.2 Å². The van der Waals surface area contributed by atoms with Crippen molar-refractivity contribution in [3.05, 3.63) is 46.2 Å². The highest BCUT2D eigenvalue weighted by atomic mass is 32.1. The summed E-state index contributed by atoms with van der Waals surface area (Å²) < 4.78 is 5.36. The molecule has 3 amide bonds. The number of amides is 3. The summed E-state index contributed by atoms with van der Waals surface area (Å²) in [6.07, 6.45) is 4.25. The minimum atomic E-state index is -0.261. The molecule has 8 heteroatoms. The number of anilines is 1. The van der Waals surface area contributed by atoms with E-state index in [9.17, 15) is 14.4 Å². The molecule has 1 aromatic heterocycles. The van der Waals surface area contributed by atoms with Gasteiger partial charge in [-0.1, -0.05) is 18.9 Å². The van der Waals surface area contributed by atoms with Gasteiger partial charge in [0.1, 0.15) is 12.3 Å². The number of thiophene rings is 1. The number of nitrogens with one attached hydrogen (secondary N) is 2. The van der Waals surface area contributed by atoms with Gasteiger partial charge in [-0.3, -0.25) is 14.4 Å². The Kier molecular flexibility index (Phi) is 5.80. The lowest BCUT2D eigenvalue weighted by atomic mass is 10.1. The lowest BCUT2D eigenvalue weighted by Crippen LogP contribution is -2.43. The molecule has 1 aromatic carbocycles. The second-order valence-corrected chi connectivity index (χ2v) is 8.37. The Labute approximate surface area is 173 Å². The van der Waals surface area contributed by atoms with Crippen molar-refractivity contribution in [2.45, 2.75) is 38.3 Å². The first kappa shape index (κ1) is 19.4. The van der Waals surface area contributed by atoms with Gasteiger partial charge >= 0.3 is 0 Å². The molecule has 0 bridgehead atoms. The lowest BCUT2D eigenvalue weighted by molar-refractivity contribution is -0.122. The number of carbonyl (C=O) groups excluding carboxylic acids is 3. The molecule has 1 aliphatic carbocycles. The van der Waals surface area contributed by atoms with E-state index in [1.807, 2.05) is 17.5 Å². The molecule has 0 unspecified atom stereocenters. The van der Waals surface area contributed by atoms with E-state index in [0.717, 1.165) is 30.6 Å². The Morgan fingerprint density at radius 2 is 2.07 bits per heavy atom. The van der Waals surface area contributed by atoms with Crippen molar-refractivity contribution in [3.63, 3.8) is 0 Å². The average Bonchev–Trinajstić information content (AvgIpc) is 3.40. The minimum Gasteiger partial charge on any atom is -0.482 e. The molecule has 1 saturated carbocycles. The van der Waals surface area contributed by atoms with Crippen molar-refractivity contribution >= 4 is 34.7 Å². The van der Waals surface area contributed by atoms with Crippen molar-refractivity contribution in [2.75, 3.05) is 18.5 Å². The molecule has 0 spiro atoms. The van der Waals surface area contributed by atoms with Crippen LogP contribution >= 0.6 is 11.3 Å². The number of fused-ring (bicyclic) bond motifs is 1. The fraction of sp³-hybridized carbons (Fsp3) is 0.381. The summed E-state index contributed by atoms with van der Waals surface area (Å²) in [5, 5.41) is 7.71. The van der Waals surface area contributed by atoms with Crippen LogP contribution in [0.5, 0.6) is 5.75 Å². The van der Waals surface area contributed by atoms with E-state index in [0.29, 0.717) is 23.5 Å². The van der Waals surface area contributed by atoms with Gasteiger partial charge in [-0.25, -0.2) is 0 Å². The standard InChI is InChI=1S/C21H23N3O4S/c25-19(22-15-4-1-2-5-15)12-24(11-16-6-3-9-29-16)21(27)14-7-8-18-17(10-14)23-20(26)13-28-18/h3,6-10,15H,1-2,4-5,11-13H2,(H,22,25)(H,23,26). The number of hydrogen-bond donors (Lipinski definition) is 2. The summed E-state index contributed by atoms with van der Waals surface area (Å²) in [5.41, 5.74) is 0.873. The monoisotopic (exact) mass is 413 g/mol. The van der Waals surface area contributed by atoms with Crippen LogP contribution in [0.1, 0.15) is 40.9 Å². The molecule has 0 saturated heterocycles. The van der Waals surface area contributed by atoms with E-state index in [2.05, 4.69) is 10.6 Å². The number of carbonyl (C=O) groups is 3. The Bertz CT molecular complexity index is 907. The number of rotatable bonds is 6. The van der Waals surface area contributed by atoms with Crippen LogP contribution in [0.4, 0.5) is 5.69 Å². The third-order valence-electron chi connectivity index (χ3n) is 5.13. The fourth-order valence-corrected chi connectivity index (χ4v) is 4.43. The zero-order chi connectivity index (χ0) is 20.2. The highest BCUT2D eigenvalue weighted by Crippen LogP contribution is 2.29. The molecule has 152 valence electrons. The van der Waals surface area contributed by atoms with Gasteiger partial charge in [-0.05, 0) is 42.5 Å². The van der Waals surface area contributed by atoms with Crippen molar-refractivity contribution in [1.82, 2.24) is 10.2 Å². The maximum atomic E-state index is 13.2. The second-order valence-electron chi connectivity index (χ2n) is 7.34. The third kappa shape index (κ3) is 4.76. The third-order valence-corrected chi connectivity index (χ3v) is 5.99. The van der Waals surface area contributed by atoms with Crippen molar-refractivity contribution in [1.29, 1.82) is 0 Å². The van der Waals surface area contributed by atoms with Gasteiger partial charge in [0.2, 0.25) is 5.91 Å². The summed E-state index contributed by atoms with van der Waals surface area (Å²) in [6.45, 7) is 0.313. The molecule has 7 nitrogen and oxygen atoms in total. The maximum Gasteiger partial charge on any atom is 0.262 e. The fourth-order valence-electron chi connectivity index (χ4n) is 3.71. The number of hydrogen-bond acceptors (Lipinski definition) is 5. The molecule has 29 heavy (non-hydrogen) atoms. The molecule has 2 heterocycles. The van der Waals surface area contributed by atoms with Crippen LogP contribution in [0.2, 0.25) is 0 Å². The van der Waals surface area contributed by atoms with Gasteiger partial charge in [0.15, 0.2) is 6.61 Å². The van der Waals surface area contributed by atoms with E-state index < -0.39 is 0 Å². The summed E-state index contributed by atoms with van der Waals surface area (Å²) in [4.78, 5) is 39.9. The first-order valence-electron chi connectivity index (χ1n) is 9.76. The molecule has 2 aromatic rings. The van der Waals surface area contributed by atoms with Crippen LogP contribution in [0.3, 0.4) is 0 Å². The SMILES string of the molecule is O=C1COc2ccc(C(=O)N(CC(=O)NC3CCCC3)Cc3cccs3)cc2N1. The molecule has 1 fully saturated rings. The number of ether oxygens (including phenoxy) is 1. The summed E-state index contributed by atoms with van der Waals surface area (Å²) in [7, 11) is 0. The van der Waals surface area contributed by atoms with Crippen LogP contribution in [0.15, 0.2) is 35.7 Å². The molecule has 0 atom stereocenters. The zero-order valence-corrected chi connectivity index (χ0v) is 16.8. The Morgan fingerprint density at radius 3 is 2.83 bits per heavy atom. The lowest BCUT2D eigenvalue weighted by Gasteiger charge is -2.24. The quantitative estimate of drug-likeness (QED) is 0.762. The first-order chi connectivity index (χ1) is 14.1. The smallest absolute Gasteiger partial charge is 0.262 e. The van der Waals surface area contributed by atoms with Crippen LogP contribution in [-0.4, -0.2) is 41.8 Å². The maximum absolute atomic E-state index is 13.2. The Hall–Kier alpha value is -2.87. The topological polar surface area (TPSA) is 87.7 Å². The molecule has 0 radical (unpaired) electrons. The van der Waals surface area contributed by atoms with Crippen LogP contribution in [-0.2, 0) is 16.1 Å². The van der Waals surface area contributed by atoms with Gasteiger partial charge in [-0.2, -0.15) is 0 Å². The Morgan fingerprint density at radius 1 is 1.24 bits per heavy atom. The van der Waals surface area contributed by atoms with Gasteiger partial charge in [0, 0.05) is 16.5 Å². The normalized spacial score (nSPS) is 15.9.